The second-order valence-electron chi connectivity index (χ2n) is 3.54. The van der Waals surface area contributed by atoms with Crippen LogP contribution >= 0.6 is 11.6 Å². The lowest BCUT2D eigenvalue weighted by Crippen LogP contribution is -2.29. The maximum Gasteiger partial charge on any atom is 0.338 e. The Morgan fingerprint density at radius 2 is 2.11 bits per heavy atom. The Kier molecular flexibility index (Phi) is 5.40. The fourth-order valence-corrected chi connectivity index (χ4v) is 1.59. The number of hydrogen-bond acceptors (Lipinski definition) is 5. The van der Waals surface area contributed by atoms with E-state index < -0.39 is 18.2 Å². The molecule has 0 aromatic heterocycles. The summed E-state index contributed by atoms with van der Waals surface area (Å²) >= 11 is 5.83. The number of carbonyl (C=O) groups excluding carboxylic acids is 1. The van der Waals surface area contributed by atoms with Crippen molar-refractivity contribution in [3.63, 3.8) is 0 Å². The van der Waals surface area contributed by atoms with Crippen LogP contribution in [0.4, 0.5) is 0 Å². The SMILES string of the molecule is CCOC(=O)C(O)C(O)c1ccc(Cl)c(OC)c1. The van der Waals surface area contributed by atoms with Crippen LogP contribution in [-0.2, 0) is 9.53 Å². The zero-order valence-electron chi connectivity index (χ0n) is 10.1. The topological polar surface area (TPSA) is 76.0 Å². The van der Waals surface area contributed by atoms with Crippen LogP contribution in [0.3, 0.4) is 0 Å². The van der Waals surface area contributed by atoms with Crippen LogP contribution in [0, 0.1) is 0 Å². The second-order valence-corrected chi connectivity index (χ2v) is 3.94. The first kappa shape index (κ1) is 14.8. The maximum absolute atomic E-state index is 11.3. The first-order chi connectivity index (χ1) is 8.51. The van der Waals surface area contributed by atoms with Gasteiger partial charge in [-0.05, 0) is 24.6 Å². The van der Waals surface area contributed by atoms with Crippen LogP contribution in [0.15, 0.2) is 18.2 Å². The minimum atomic E-state index is -1.64. The summed E-state index contributed by atoms with van der Waals surface area (Å²) in [6.07, 6.45) is -3.04. The van der Waals surface area contributed by atoms with Gasteiger partial charge in [-0.15, -0.1) is 0 Å². The van der Waals surface area contributed by atoms with Crippen LogP contribution in [0.2, 0.25) is 5.02 Å². The predicted molar refractivity (Wildman–Crippen MR) is 65.6 cm³/mol. The van der Waals surface area contributed by atoms with E-state index in [1.807, 2.05) is 0 Å². The van der Waals surface area contributed by atoms with Crippen LogP contribution in [0.1, 0.15) is 18.6 Å². The average molecular weight is 275 g/mol. The molecule has 0 aliphatic carbocycles. The highest BCUT2D eigenvalue weighted by molar-refractivity contribution is 6.32. The Labute approximate surface area is 110 Å². The third kappa shape index (κ3) is 3.35. The molecule has 0 radical (unpaired) electrons. The smallest absolute Gasteiger partial charge is 0.338 e. The van der Waals surface area contributed by atoms with E-state index in [0.29, 0.717) is 16.3 Å². The van der Waals surface area contributed by atoms with Gasteiger partial charge in [-0.2, -0.15) is 0 Å². The summed E-state index contributed by atoms with van der Waals surface area (Å²) < 4.78 is 9.60. The van der Waals surface area contributed by atoms with E-state index in [-0.39, 0.29) is 6.61 Å². The van der Waals surface area contributed by atoms with E-state index in [1.54, 1.807) is 6.92 Å². The van der Waals surface area contributed by atoms with Crippen molar-refractivity contribution in [2.75, 3.05) is 13.7 Å². The van der Waals surface area contributed by atoms with Gasteiger partial charge >= 0.3 is 5.97 Å². The average Bonchev–Trinajstić information content (AvgIpc) is 2.38. The van der Waals surface area contributed by atoms with Gasteiger partial charge in [0, 0.05) is 0 Å². The lowest BCUT2D eigenvalue weighted by atomic mass is 10.0. The molecule has 0 heterocycles. The number of carbonyl (C=O) groups is 1. The molecule has 0 aliphatic rings. The number of ether oxygens (including phenoxy) is 2. The molecule has 1 aromatic rings. The van der Waals surface area contributed by atoms with Crippen molar-refractivity contribution in [3.8, 4) is 5.75 Å². The first-order valence-corrected chi connectivity index (χ1v) is 5.75. The van der Waals surface area contributed by atoms with Crippen molar-refractivity contribution < 1.29 is 24.5 Å². The molecule has 0 aliphatic heterocycles. The Bertz CT molecular complexity index is 421. The van der Waals surface area contributed by atoms with E-state index in [9.17, 15) is 15.0 Å². The van der Waals surface area contributed by atoms with Crippen molar-refractivity contribution in [2.45, 2.75) is 19.1 Å². The number of halogens is 1. The van der Waals surface area contributed by atoms with Crippen molar-refractivity contribution in [3.05, 3.63) is 28.8 Å². The molecule has 0 bridgehead atoms. The van der Waals surface area contributed by atoms with Gasteiger partial charge in [-0.1, -0.05) is 17.7 Å². The van der Waals surface area contributed by atoms with Gasteiger partial charge in [0.05, 0.1) is 18.7 Å². The van der Waals surface area contributed by atoms with E-state index in [1.165, 1.54) is 25.3 Å². The zero-order chi connectivity index (χ0) is 13.7. The fraction of sp³-hybridized carbons (Fsp3) is 0.417. The van der Waals surface area contributed by atoms with Crippen LogP contribution in [0.25, 0.3) is 0 Å². The quantitative estimate of drug-likeness (QED) is 0.792. The zero-order valence-corrected chi connectivity index (χ0v) is 10.8. The maximum atomic E-state index is 11.3. The molecule has 2 unspecified atom stereocenters. The van der Waals surface area contributed by atoms with Gasteiger partial charge < -0.3 is 19.7 Å². The molecular formula is C12H15ClO5. The predicted octanol–water partition coefficient (Wildman–Crippen LogP) is 1.31. The molecule has 0 saturated carbocycles. The van der Waals surface area contributed by atoms with Crippen LogP contribution in [0.5, 0.6) is 5.75 Å². The van der Waals surface area contributed by atoms with Crippen molar-refractivity contribution in [2.24, 2.45) is 0 Å². The number of hydrogen-bond donors (Lipinski definition) is 2. The Balaban J connectivity index is 2.89. The highest BCUT2D eigenvalue weighted by atomic mass is 35.5. The first-order valence-electron chi connectivity index (χ1n) is 5.37. The summed E-state index contributed by atoms with van der Waals surface area (Å²) in [5.41, 5.74) is 0.316. The van der Waals surface area contributed by atoms with Crippen molar-refractivity contribution in [1.82, 2.24) is 0 Å². The number of aliphatic hydroxyl groups is 2. The van der Waals surface area contributed by atoms with Crippen molar-refractivity contribution >= 4 is 17.6 Å². The van der Waals surface area contributed by atoms with Gasteiger partial charge in [0.1, 0.15) is 11.9 Å². The van der Waals surface area contributed by atoms with E-state index in [2.05, 4.69) is 4.74 Å². The molecule has 1 aromatic carbocycles. The molecule has 2 N–H and O–H groups in total. The molecule has 18 heavy (non-hydrogen) atoms. The summed E-state index contributed by atoms with van der Waals surface area (Å²) in [4.78, 5) is 11.3. The Morgan fingerprint density at radius 3 is 2.67 bits per heavy atom. The van der Waals surface area contributed by atoms with Crippen LogP contribution < -0.4 is 4.74 Å². The van der Waals surface area contributed by atoms with E-state index in [0.717, 1.165) is 0 Å². The molecule has 0 fully saturated rings. The number of esters is 1. The van der Waals surface area contributed by atoms with Crippen molar-refractivity contribution in [1.29, 1.82) is 0 Å². The Morgan fingerprint density at radius 1 is 1.44 bits per heavy atom. The summed E-state index contributed by atoms with van der Waals surface area (Å²) in [5.74, 6) is -0.525. The van der Waals surface area contributed by atoms with Gasteiger partial charge in [0.15, 0.2) is 6.10 Å². The number of aliphatic hydroxyl groups excluding tert-OH is 2. The van der Waals surface area contributed by atoms with Gasteiger partial charge in [0.25, 0.3) is 0 Å². The molecule has 0 amide bonds. The highest BCUT2D eigenvalue weighted by Crippen LogP contribution is 2.29. The van der Waals surface area contributed by atoms with Gasteiger partial charge in [0.2, 0.25) is 0 Å². The molecule has 0 spiro atoms. The second kappa shape index (κ2) is 6.58. The van der Waals surface area contributed by atoms with Crippen LogP contribution in [-0.4, -0.2) is 36.0 Å². The highest BCUT2D eigenvalue weighted by Gasteiger charge is 2.27. The third-order valence-corrected chi connectivity index (χ3v) is 2.66. The van der Waals surface area contributed by atoms with Gasteiger partial charge in [-0.3, -0.25) is 0 Å². The van der Waals surface area contributed by atoms with Gasteiger partial charge in [-0.25, -0.2) is 4.79 Å². The standard InChI is InChI=1S/C12H15ClO5/c1-3-18-12(16)11(15)10(14)7-4-5-8(13)9(6-7)17-2/h4-6,10-11,14-15H,3H2,1-2H3. The molecular weight excluding hydrogens is 260 g/mol. The molecule has 6 heteroatoms. The molecule has 1 rings (SSSR count). The number of methoxy groups -OCH3 is 1. The number of rotatable bonds is 5. The van der Waals surface area contributed by atoms with E-state index >= 15 is 0 Å². The third-order valence-electron chi connectivity index (χ3n) is 2.34. The summed E-state index contributed by atoms with van der Waals surface area (Å²) in [5, 5.41) is 19.8. The lowest BCUT2D eigenvalue weighted by Gasteiger charge is -2.17. The normalized spacial score (nSPS) is 13.8. The minimum absolute atomic E-state index is 0.132. The summed E-state index contributed by atoms with van der Waals surface area (Å²) in [6.45, 7) is 1.74. The molecule has 100 valence electrons. The molecule has 5 nitrogen and oxygen atoms in total. The largest absolute Gasteiger partial charge is 0.495 e. The monoisotopic (exact) mass is 274 g/mol. The molecule has 2 atom stereocenters. The minimum Gasteiger partial charge on any atom is -0.495 e. The lowest BCUT2D eigenvalue weighted by molar-refractivity contribution is -0.159. The summed E-state index contributed by atoms with van der Waals surface area (Å²) in [6, 6.07) is 4.46. The Hall–Kier alpha value is -1.30. The summed E-state index contributed by atoms with van der Waals surface area (Å²) in [7, 11) is 1.43. The number of benzene rings is 1. The van der Waals surface area contributed by atoms with E-state index in [4.69, 9.17) is 16.3 Å². The fourth-order valence-electron chi connectivity index (χ4n) is 1.40. The molecule has 0 saturated heterocycles.